The molecule has 166 valence electrons. The van der Waals surface area contributed by atoms with Gasteiger partial charge in [0.05, 0.1) is 12.2 Å². The zero-order valence-corrected chi connectivity index (χ0v) is 18.0. The number of carbonyl (C=O) groups is 1. The van der Waals surface area contributed by atoms with Crippen LogP contribution in [0.3, 0.4) is 0 Å². The first kappa shape index (κ1) is 20.8. The first-order valence-electron chi connectivity index (χ1n) is 11.1. The predicted molar refractivity (Wildman–Crippen MR) is 118 cm³/mol. The van der Waals surface area contributed by atoms with Crippen molar-refractivity contribution < 1.29 is 13.6 Å². The summed E-state index contributed by atoms with van der Waals surface area (Å²) in [6, 6.07) is 14.7. The predicted octanol–water partition coefficient (Wildman–Crippen LogP) is 4.66. The maximum absolute atomic E-state index is 14.1. The van der Waals surface area contributed by atoms with Crippen LogP contribution in [0.2, 0.25) is 0 Å². The third-order valence-corrected chi connectivity index (χ3v) is 6.57. The third kappa shape index (κ3) is 4.05. The van der Waals surface area contributed by atoms with Crippen molar-refractivity contribution in [2.75, 3.05) is 18.4 Å². The van der Waals surface area contributed by atoms with Gasteiger partial charge in [-0.2, -0.15) is 5.10 Å². The molecule has 2 aromatic carbocycles. The molecule has 1 N–H and O–H groups in total. The summed E-state index contributed by atoms with van der Waals surface area (Å²) in [5.74, 6) is -1.82. The summed E-state index contributed by atoms with van der Waals surface area (Å²) < 4.78 is 29.6. The summed E-state index contributed by atoms with van der Waals surface area (Å²) in [5, 5.41) is 7.56. The van der Waals surface area contributed by atoms with Gasteiger partial charge < -0.3 is 5.32 Å². The fourth-order valence-corrected chi connectivity index (χ4v) is 4.72. The lowest BCUT2D eigenvalue weighted by atomic mass is 10.1. The molecule has 0 bridgehead atoms. The Hall–Kier alpha value is -3.06. The zero-order chi connectivity index (χ0) is 22.2. The summed E-state index contributed by atoms with van der Waals surface area (Å²) in [6.45, 7) is 4.64. The van der Waals surface area contributed by atoms with Gasteiger partial charge >= 0.3 is 0 Å². The molecule has 3 unspecified atom stereocenters. The molecule has 0 radical (unpaired) electrons. The second kappa shape index (κ2) is 8.47. The molecule has 32 heavy (non-hydrogen) atoms. The van der Waals surface area contributed by atoms with Crippen LogP contribution in [-0.2, 0) is 11.3 Å². The van der Waals surface area contributed by atoms with E-state index in [0.717, 1.165) is 37.7 Å². The molecule has 5 nitrogen and oxygen atoms in total. The summed E-state index contributed by atoms with van der Waals surface area (Å²) in [5.41, 5.74) is 2.46. The Morgan fingerprint density at radius 3 is 2.78 bits per heavy atom. The number of amides is 1. The molecule has 1 amide bonds. The average Bonchev–Trinajstić information content (AvgIpc) is 3.33. The average molecular weight is 437 g/mol. The van der Waals surface area contributed by atoms with Gasteiger partial charge in [0, 0.05) is 31.1 Å². The number of halogens is 2. The van der Waals surface area contributed by atoms with Crippen molar-refractivity contribution in [1.29, 1.82) is 0 Å². The quantitative estimate of drug-likeness (QED) is 0.612. The van der Waals surface area contributed by atoms with E-state index in [2.05, 4.69) is 27.4 Å². The Morgan fingerprint density at radius 2 is 1.97 bits per heavy atom. The van der Waals surface area contributed by atoms with Gasteiger partial charge in [0.15, 0.2) is 11.6 Å². The largest absolute Gasteiger partial charge is 0.310 e. The molecule has 0 spiro atoms. The summed E-state index contributed by atoms with van der Waals surface area (Å²) in [4.78, 5) is 15.3. The van der Waals surface area contributed by atoms with E-state index < -0.39 is 11.6 Å². The van der Waals surface area contributed by atoms with Crippen LogP contribution in [-0.4, -0.2) is 33.7 Å². The highest BCUT2D eigenvalue weighted by Gasteiger charge is 2.46. The van der Waals surface area contributed by atoms with Crippen LogP contribution in [0.1, 0.15) is 41.5 Å². The Balaban J connectivity index is 1.25. The van der Waals surface area contributed by atoms with Crippen LogP contribution >= 0.6 is 0 Å². The smallest absolute Gasteiger partial charge is 0.229 e. The normalized spacial score (nSPS) is 22.8. The van der Waals surface area contributed by atoms with Gasteiger partial charge in [-0.25, -0.2) is 13.5 Å². The van der Waals surface area contributed by atoms with Crippen molar-refractivity contribution in [3.8, 4) is 0 Å². The van der Waals surface area contributed by atoms with Gasteiger partial charge in [-0.3, -0.25) is 9.69 Å². The number of nitrogens with one attached hydrogen (secondary N) is 1. The second-order valence-corrected chi connectivity index (χ2v) is 8.86. The third-order valence-electron chi connectivity index (χ3n) is 6.57. The van der Waals surface area contributed by atoms with Crippen molar-refractivity contribution in [1.82, 2.24) is 14.7 Å². The Labute approximate surface area is 186 Å². The van der Waals surface area contributed by atoms with Crippen molar-refractivity contribution in [3.63, 3.8) is 0 Å². The fourth-order valence-electron chi connectivity index (χ4n) is 4.72. The van der Waals surface area contributed by atoms with Gasteiger partial charge in [0.25, 0.3) is 0 Å². The van der Waals surface area contributed by atoms with Crippen LogP contribution in [0.5, 0.6) is 0 Å². The summed E-state index contributed by atoms with van der Waals surface area (Å²) in [7, 11) is 0. The van der Waals surface area contributed by atoms with Crippen LogP contribution in [0.25, 0.3) is 0 Å². The number of carbonyl (C=O) groups excluding carboxylic acids is 1. The van der Waals surface area contributed by atoms with Crippen LogP contribution in [0, 0.1) is 24.5 Å². The van der Waals surface area contributed by atoms with Gasteiger partial charge in [-0.15, -0.1) is 0 Å². The number of hydrogen-bond donors (Lipinski definition) is 1. The van der Waals surface area contributed by atoms with Crippen LogP contribution < -0.4 is 5.32 Å². The summed E-state index contributed by atoms with van der Waals surface area (Å²) >= 11 is 0. The minimum Gasteiger partial charge on any atom is -0.310 e. The van der Waals surface area contributed by atoms with E-state index in [4.69, 9.17) is 0 Å². The minimum atomic E-state index is -0.872. The highest BCUT2D eigenvalue weighted by molar-refractivity contribution is 5.95. The maximum atomic E-state index is 14.1. The molecule has 2 heterocycles. The first-order chi connectivity index (χ1) is 15.5. The van der Waals surface area contributed by atoms with Gasteiger partial charge in [-0.1, -0.05) is 42.5 Å². The van der Waals surface area contributed by atoms with Crippen LogP contribution in [0.15, 0.2) is 54.7 Å². The van der Waals surface area contributed by atoms with E-state index in [1.807, 2.05) is 29.8 Å². The van der Waals surface area contributed by atoms with Gasteiger partial charge in [0.2, 0.25) is 5.91 Å². The Morgan fingerprint density at radius 1 is 1.16 bits per heavy atom. The number of nitrogens with zero attached hydrogens (tertiary/aromatic N) is 3. The van der Waals surface area contributed by atoms with E-state index in [9.17, 15) is 13.6 Å². The lowest BCUT2D eigenvalue weighted by Crippen LogP contribution is -2.24. The standard InChI is InChI=1S/C25H26F2N4O/c1-16-13-28-31(18-10-11-30(15-18)14-17-6-3-2-4-7-17)24(16)29-25(32)21-12-20(21)19-8-5-9-22(26)23(19)27/h2-9,13,18,20-21H,10-12,14-15H2,1H3,(H,29,32). The van der Waals surface area contributed by atoms with E-state index in [1.54, 1.807) is 12.3 Å². The molecule has 1 saturated carbocycles. The summed E-state index contributed by atoms with van der Waals surface area (Å²) in [6.07, 6.45) is 3.25. The molecule has 1 aliphatic heterocycles. The number of benzene rings is 2. The minimum absolute atomic E-state index is 0.164. The first-order valence-corrected chi connectivity index (χ1v) is 11.1. The zero-order valence-electron chi connectivity index (χ0n) is 18.0. The van der Waals surface area contributed by atoms with Crippen molar-refractivity contribution >= 4 is 11.7 Å². The maximum Gasteiger partial charge on any atom is 0.229 e. The monoisotopic (exact) mass is 436 g/mol. The topological polar surface area (TPSA) is 50.2 Å². The lowest BCUT2D eigenvalue weighted by molar-refractivity contribution is -0.117. The number of anilines is 1. The molecule has 5 rings (SSSR count). The van der Waals surface area contributed by atoms with Crippen molar-refractivity contribution in [3.05, 3.63) is 83.1 Å². The Kier molecular flexibility index (Phi) is 5.51. The second-order valence-electron chi connectivity index (χ2n) is 8.86. The molecule has 3 aromatic rings. The number of aromatic nitrogens is 2. The number of likely N-dealkylation sites (tertiary alicyclic amines) is 1. The molecular formula is C25H26F2N4O. The number of hydrogen-bond acceptors (Lipinski definition) is 3. The number of rotatable bonds is 6. The molecule has 2 aliphatic rings. The fraction of sp³-hybridized carbons (Fsp3) is 0.360. The highest BCUT2D eigenvalue weighted by atomic mass is 19.2. The molecule has 1 saturated heterocycles. The Bertz CT molecular complexity index is 1130. The van der Waals surface area contributed by atoms with Gasteiger partial charge in [-0.05, 0) is 42.9 Å². The van der Waals surface area contributed by atoms with Crippen molar-refractivity contribution in [2.24, 2.45) is 5.92 Å². The molecular weight excluding hydrogens is 410 g/mol. The molecule has 3 atom stereocenters. The molecule has 1 aliphatic carbocycles. The molecule has 1 aromatic heterocycles. The van der Waals surface area contributed by atoms with E-state index in [1.165, 1.54) is 11.6 Å². The molecule has 7 heteroatoms. The SMILES string of the molecule is Cc1cnn(C2CCN(Cc3ccccc3)C2)c1NC(=O)C1CC1c1cccc(F)c1F. The lowest BCUT2D eigenvalue weighted by Gasteiger charge is -2.18. The van der Waals surface area contributed by atoms with Crippen LogP contribution in [0.4, 0.5) is 14.6 Å². The van der Waals surface area contributed by atoms with E-state index in [-0.39, 0.29) is 29.3 Å². The van der Waals surface area contributed by atoms with E-state index >= 15 is 0 Å². The van der Waals surface area contributed by atoms with E-state index in [0.29, 0.717) is 12.2 Å². The molecule has 2 fully saturated rings. The highest BCUT2D eigenvalue weighted by Crippen LogP contribution is 2.49. The van der Waals surface area contributed by atoms with Gasteiger partial charge in [0.1, 0.15) is 5.82 Å². The number of aryl methyl sites for hydroxylation is 1. The van der Waals surface area contributed by atoms with Crippen molar-refractivity contribution in [2.45, 2.75) is 38.3 Å².